The molecule has 0 atom stereocenters. The molecule has 0 spiro atoms. The summed E-state index contributed by atoms with van der Waals surface area (Å²) in [6.07, 6.45) is -4.45. The van der Waals surface area contributed by atoms with Crippen molar-refractivity contribution in [2.75, 3.05) is 0 Å². The molecule has 2 N–H and O–H groups in total. The van der Waals surface area contributed by atoms with Crippen LogP contribution in [0.1, 0.15) is 5.56 Å². The first-order valence-corrected chi connectivity index (χ1v) is 10.9. The van der Waals surface area contributed by atoms with Crippen LogP contribution in [0.3, 0.4) is 0 Å². The van der Waals surface area contributed by atoms with E-state index >= 15 is 0 Å². The van der Waals surface area contributed by atoms with Crippen LogP contribution in [-0.4, -0.2) is 10.1 Å². The fraction of sp³-hybridized carbons (Fsp3) is 0.0385. The molecule has 0 bridgehead atoms. The average molecular weight is 463 g/mol. The average Bonchev–Trinajstić information content (AvgIpc) is 3.23. The van der Waals surface area contributed by atoms with Crippen molar-refractivity contribution in [3.63, 3.8) is 0 Å². The van der Waals surface area contributed by atoms with Gasteiger partial charge in [-0.15, -0.1) is 11.3 Å². The van der Waals surface area contributed by atoms with Crippen molar-refractivity contribution >= 4 is 21.6 Å². The van der Waals surface area contributed by atoms with Crippen molar-refractivity contribution in [3.05, 3.63) is 100 Å². The lowest BCUT2D eigenvalue weighted by atomic mass is 9.96. The maximum atomic E-state index is 13.4. The molecule has 0 unspecified atom stereocenters. The number of thiophene rings is 1. The molecule has 0 radical (unpaired) electrons. The van der Waals surface area contributed by atoms with E-state index in [0.717, 1.165) is 11.6 Å². The first kappa shape index (κ1) is 21.0. The SMILES string of the molecule is O=c1[nH]c2scc(-c3ccc(-c4ccccc4C(F)(F)F)cc3)c2c(O)c1-c1ccccc1. The summed E-state index contributed by atoms with van der Waals surface area (Å²) in [6, 6.07) is 21.0. The van der Waals surface area contributed by atoms with Gasteiger partial charge in [-0.1, -0.05) is 72.8 Å². The van der Waals surface area contributed by atoms with Gasteiger partial charge >= 0.3 is 6.18 Å². The Morgan fingerprint density at radius 1 is 0.758 bits per heavy atom. The number of aromatic amines is 1. The van der Waals surface area contributed by atoms with Crippen LogP contribution in [0.25, 0.3) is 43.6 Å². The molecule has 0 aliphatic heterocycles. The fourth-order valence-electron chi connectivity index (χ4n) is 3.98. The van der Waals surface area contributed by atoms with Gasteiger partial charge < -0.3 is 10.1 Å². The second-order valence-electron chi connectivity index (χ2n) is 7.52. The Bertz CT molecular complexity index is 1520. The monoisotopic (exact) mass is 463 g/mol. The Labute approximate surface area is 190 Å². The molecule has 0 saturated heterocycles. The maximum absolute atomic E-state index is 13.4. The van der Waals surface area contributed by atoms with Crippen LogP contribution in [0.2, 0.25) is 0 Å². The van der Waals surface area contributed by atoms with E-state index in [1.54, 1.807) is 54.6 Å². The number of fused-ring (bicyclic) bond motifs is 1. The van der Waals surface area contributed by atoms with Gasteiger partial charge in [0.1, 0.15) is 10.6 Å². The van der Waals surface area contributed by atoms with Crippen molar-refractivity contribution in [1.29, 1.82) is 0 Å². The van der Waals surface area contributed by atoms with Gasteiger partial charge in [0, 0.05) is 10.9 Å². The van der Waals surface area contributed by atoms with Crippen molar-refractivity contribution in [2.45, 2.75) is 6.18 Å². The molecular formula is C26H16F3NO2S. The number of hydrogen-bond acceptors (Lipinski definition) is 3. The summed E-state index contributed by atoms with van der Waals surface area (Å²) in [5, 5.41) is 13.4. The van der Waals surface area contributed by atoms with E-state index < -0.39 is 17.3 Å². The van der Waals surface area contributed by atoms with Gasteiger partial charge in [0.05, 0.1) is 16.5 Å². The molecule has 7 heteroatoms. The van der Waals surface area contributed by atoms with E-state index in [1.807, 2.05) is 11.4 Å². The molecule has 0 aliphatic carbocycles. The highest BCUT2D eigenvalue weighted by Crippen LogP contribution is 2.42. The largest absolute Gasteiger partial charge is 0.506 e. The summed E-state index contributed by atoms with van der Waals surface area (Å²) < 4.78 is 40.2. The van der Waals surface area contributed by atoms with Gasteiger partial charge in [0.25, 0.3) is 5.56 Å². The third kappa shape index (κ3) is 3.70. The number of nitrogens with one attached hydrogen (secondary N) is 1. The van der Waals surface area contributed by atoms with E-state index in [-0.39, 0.29) is 16.9 Å². The number of halogens is 3. The van der Waals surface area contributed by atoms with Gasteiger partial charge in [0.15, 0.2) is 0 Å². The number of H-pyrrole nitrogens is 1. The van der Waals surface area contributed by atoms with Crippen molar-refractivity contribution in [3.8, 4) is 39.1 Å². The number of aromatic hydroxyl groups is 1. The first-order valence-electron chi connectivity index (χ1n) is 10.0. The second kappa shape index (κ2) is 7.94. The van der Waals surface area contributed by atoms with Crippen molar-refractivity contribution in [1.82, 2.24) is 4.98 Å². The number of pyridine rings is 1. The Morgan fingerprint density at radius 3 is 2.03 bits per heavy atom. The van der Waals surface area contributed by atoms with E-state index in [4.69, 9.17) is 0 Å². The molecule has 0 aliphatic rings. The van der Waals surface area contributed by atoms with Gasteiger partial charge in [-0.3, -0.25) is 4.79 Å². The zero-order valence-corrected chi connectivity index (χ0v) is 17.8. The molecule has 0 amide bonds. The highest BCUT2D eigenvalue weighted by molar-refractivity contribution is 7.17. The third-order valence-corrected chi connectivity index (χ3v) is 6.42. The van der Waals surface area contributed by atoms with Crippen LogP contribution in [0.15, 0.2) is 89.0 Å². The van der Waals surface area contributed by atoms with Crippen LogP contribution < -0.4 is 5.56 Å². The summed E-state index contributed by atoms with van der Waals surface area (Å²) >= 11 is 1.28. The number of alkyl halides is 3. The lowest BCUT2D eigenvalue weighted by Gasteiger charge is -2.13. The number of aromatic nitrogens is 1. The van der Waals surface area contributed by atoms with Crippen molar-refractivity contribution in [2.24, 2.45) is 0 Å². The minimum absolute atomic E-state index is 0.102. The number of hydrogen-bond donors (Lipinski definition) is 2. The predicted molar refractivity (Wildman–Crippen MR) is 125 cm³/mol. The predicted octanol–water partition coefficient (Wildman–Crippen LogP) is 7.32. The normalized spacial score (nSPS) is 11.7. The highest BCUT2D eigenvalue weighted by atomic mass is 32.1. The molecule has 3 nitrogen and oxygen atoms in total. The molecule has 164 valence electrons. The Hall–Kier alpha value is -3.84. The second-order valence-corrected chi connectivity index (χ2v) is 8.40. The first-order chi connectivity index (χ1) is 15.8. The molecule has 33 heavy (non-hydrogen) atoms. The van der Waals surface area contributed by atoms with E-state index in [9.17, 15) is 23.1 Å². The van der Waals surface area contributed by atoms with Crippen LogP contribution in [-0.2, 0) is 6.18 Å². The summed E-state index contributed by atoms with van der Waals surface area (Å²) in [5.74, 6) is -0.123. The summed E-state index contributed by atoms with van der Waals surface area (Å²) in [5.41, 5.74) is 1.64. The number of rotatable bonds is 3. The molecule has 3 aromatic carbocycles. The van der Waals surface area contributed by atoms with E-state index in [2.05, 4.69) is 4.98 Å². The molecule has 0 fully saturated rings. The zero-order valence-electron chi connectivity index (χ0n) is 17.0. The van der Waals surface area contributed by atoms with Crippen molar-refractivity contribution < 1.29 is 18.3 Å². The van der Waals surface area contributed by atoms with E-state index in [1.165, 1.54) is 23.5 Å². The summed E-state index contributed by atoms with van der Waals surface area (Å²) in [6.45, 7) is 0. The Kier molecular flexibility index (Phi) is 5.06. The van der Waals surface area contributed by atoms with Crippen LogP contribution in [0.4, 0.5) is 13.2 Å². The van der Waals surface area contributed by atoms with Gasteiger partial charge in [-0.25, -0.2) is 0 Å². The summed E-state index contributed by atoms with van der Waals surface area (Å²) in [7, 11) is 0. The topological polar surface area (TPSA) is 53.1 Å². The van der Waals surface area contributed by atoms with Crippen LogP contribution >= 0.6 is 11.3 Å². The Morgan fingerprint density at radius 2 is 1.36 bits per heavy atom. The third-order valence-electron chi connectivity index (χ3n) is 5.52. The highest BCUT2D eigenvalue weighted by Gasteiger charge is 2.33. The molecule has 2 heterocycles. The van der Waals surface area contributed by atoms with Crippen LogP contribution in [0.5, 0.6) is 5.75 Å². The quantitative estimate of drug-likeness (QED) is 0.295. The standard InChI is InChI=1S/C26H16F3NO2S/c27-26(28,29)20-9-5-4-8-18(20)15-10-12-16(13-11-15)19-14-33-25-22(19)23(31)21(24(32)30-25)17-6-2-1-3-7-17/h1-14H,(H2,30,31,32). The van der Waals surface area contributed by atoms with E-state index in [0.29, 0.717) is 26.9 Å². The maximum Gasteiger partial charge on any atom is 0.417 e. The van der Waals surface area contributed by atoms with Gasteiger partial charge in [-0.05, 0) is 28.3 Å². The lowest BCUT2D eigenvalue weighted by Crippen LogP contribution is -2.08. The minimum Gasteiger partial charge on any atom is -0.506 e. The molecule has 0 saturated carbocycles. The Balaban J connectivity index is 1.63. The number of benzene rings is 3. The lowest BCUT2D eigenvalue weighted by molar-refractivity contribution is -0.137. The fourth-order valence-corrected chi connectivity index (χ4v) is 4.95. The van der Waals surface area contributed by atoms with Crippen LogP contribution in [0, 0.1) is 0 Å². The summed E-state index contributed by atoms with van der Waals surface area (Å²) in [4.78, 5) is 16.0. The molecular weight excluding hydrogens is 447 g/mol. The smallest absolute Gasteiger partial charge is 0.417 e. The van der Waals surface area contributed by atoms with Gasteiger partial charge in [-0.2, -0.15) is 13.2 Å². The molecule has 5 rings (SSSR count). The zero-order chi connectivity index (χ0) is 23.2. The molecule has 2 aromatic heterocycles. The molecule has 5 aromatic rings. The minimum atomic E-state index is -4.45. The van der Waals surface area contributed by atoms with Gasteiger partial charge in [0.2, 0.25) is 0 Å².